The molecule has 0 aliphatic rings. The Bertz CT molecular complexity index is 821. The molecule has 4 heteroatoms. The summed E-state index contributed by atoms with van der Waals surface area (Å²) in [6.45, 7) is 2.68. The van der Waals surface area contributed by atoms with Crippen molar-refractivity contribution in [2.24, 2.45) is 0 Å². The Morgan fingerprint density at radius 2 is 1.96 bits per heavy atom. The minimum absolute atomic E-state index is 0.0418. The maximum Gasteiger partial charge on any atom is 0.210 e. The van der Waals surface area contributed by atoms with Crippen molar-refractivity contribution >= 4 is 27.2 Å². The molecule has 0 atom stereocenters. The molecule has 118 valence electrons. The third-order valence-electron chi connectivity index (χ3n) is 3.82. The molecule has 0 amide bonds. The molecule has 0 N–H and O–H groups in total. The zero-order valence-corrected chi connectivity index (χ0v) is 14.5. The van der Waals surface area contributed by atoms with Gasteiger partial charge in [-0.3, -0.25) is 4.79 Å². The van der Waals surface area contributed by atoms with Gasteiger partial charge in [0.25, 0.3) is 0 Å². The smallest absolute Gasteiger partial charge is 0.210 e. The molecule has 3 rings (SSSR count). The monoisotopic (exact) mass is 371 g/mol. The normalized spacial score (nSPS) is 10.9. The van der Waals surface area contributed by atoms with Gasteiger partial charge in [0.1, 0.15) is 5.75 Å². The minimum atomic E-state index is 0.0418. The van der Waals surface area contributed by atoms with Gasteiger partial charge in [-0.1, -0.05) is 28.9 Å². The molecule has 3 aromatic rings. The number of nitrogens with zero attached hydrogens (tertiary/aromatic N) is 1. The zero-order chi connectivity index (χ0) is 16.2. The summed E-state index contributed by atoms with van der Waals surface area (Å²) in [4.78, 5) is 13.0. The van der Waals surface area contributed by atoms with Crippen LogP contribution in [0.3, 0.4) is 0 Å². The molecule has 3 nitrogen and oxygen atoms in total. The van der Waals surface area contributed by atoms with Gasteiger partial charge in [0.05, 0.1) is 12.3 Å². The number of hydrogen-bond donors (Lipinski definition) is 0. The predicted molar refractivity (Wildman–Crippen MR) is 95.9 cm³/mol. The first-order valence-electron chi connectivity index (χ1n) is 7.67. The van der Waals surface area contributed by atoms with Gasteiger partial charge in [-0.15, -0.1) is 0 Å². The summed E-state index contributed by atoms with van der Waals surface area (Å²) in [5.41, 5.74) is 3.54. The second-order valence-electron chi connectivity index (χ2n) is 5.26. The van der Waals surface area contributed by atoms with E-state index >= 15 is 0 Å². The number of hydrogen-bond acceptors (Lipinski definition) is 2. The minimum Gasteiger partial charge on any atom is -0.493 e. The molecule has 0 bridgehead atoms. The Balaban J connectivity index is 1.97. The van der Waals surface area contributed by atoms with Crippen LogP contribution >= 0.6 is 15.9 Å². The summed E-state index contributed by atoms with van der Waals surface area (Å²) < 4.78 is 7.50. The summed E-state index contributed by atoms with van der Waals surface area (Å²) in [5.74, 6) is 0.817. The van der Waals surface area contributed by atoms with Crippen LogP contribution < -0.4 is 4.74 Å². The first kappa shape index (κ1) is 15.8. The van der Waals surface area contributed by atoms with Gasteiger partial charge in [-0.05, 0) is 54.4 Å². The standard InChI is InChI=1S/C19H18BrNO2/c1-2-14-13-16-5-3-4-11-21(16)18(14)19(22)15-6-8-17(9-7-15)23-12-10-20/h3-9,11,13H,2,10,12H2,1H3. The number of benzene rings is 1. The number of carbonyl (C=O) groups is 1. The Hall–Kier alpha value is -2.07. The molecule has 0 aliphatic heterocycles. The van der Waals surface area contributed by atoms with E-state index in [9.17, 15) is 4.79 Å². The van der Waals surface area contributed by atoms with Crippen LogP contribution in [0, 0.1) is 0 Å². The Labute approximate surface area is 144 Å². The van der Waals surface area contributed by atoms with Crippen LogP contribution in [-0.4, -0.2) is 22.1 Å². The number of aryl methyl sites for hydroxylation is 1. The van der Waals surface area contributed by atoms with Gasteiger partial charge < -0.3 is 9.14 Å². The number of halogens is 1. The number of pyridine rings is 1. The molecule has 2 aromatic heterocycles. The highest BCUT2D eigenvalue weighted by Crippen LogP contribution is 2.22. The van der Waals surface area contributed by atoms with Crippen molar-refractivity contribution in [2.45, 2.75) is 13.3 Å². The number of carbonyl (C=O) groups excluding carboxylic acids is 1. The van der Waals surface area contributed by atoms with Gasteiger partial charge in [0.15, 0.2) is 0 Å². The topological polar surface area (TPSA) is 30.7 Å². The average Bonchev–Trinajstić information content (AvgIpc) is 2.98. The van der Waals surface area contributed by atoms with Crippen molar-refractivity contribution in [2.75, 3.05) is 11.9 Å². The van der Waals surface area contributed by atoms with E-state index in [1.54, 1.807) is 0 Å². The van der Waals surface area contributed by atoms with Crippen molar-refractivity contribution in [3.8, 4) is 5.75 Å². The third-order valence-corrected chi connectivity index (χ3v) is 4.14. The lowest BCUT2D eigenvalue weighted by Gasteiger charge is -2.07. The molecule has 2 heterocycles. The van der Waals surface area contributed by atoms with Crippen molar-refractivity contribution < 1.29 is 9.53 Å². The Morgan fingerprint density at radius 1 is 1.17 bits per heavy atom. The molecule has 1 aromatic carbocycles. The molecule has 0 unspecified atom stereocenters. The zero-order valence-electron chi connectivity index (χ0n) is 13.0. The average molecular weight is 372 g/mol. The number of rotatable bonds is 6. The largest absolute Gasteiger partial charge is 0.493 e. The number of fused-ring (bicyclic) bond motifs is 1. The Kier molecular flexibility index (Phi) is 4.82. The van der Waals surface area contributed by atoms with E-state index in [0.29, 0.717) is 12.2 Å². The predicted octanol–water partition coefficient (Wildman–Crippen LogP) is 4.51. The van der Waals surface area contributed by atoms with Gasteiger partial charge >= 0.3 is 0 Å². The molecule has 0 saturated carbocycles. The van der Waals surface area contributed by atoms with Gasteiger partial charge in [-0.25, -0.2) is 0 Å². The van der Waals surface area contributed by atoms with Crippen LogP contribution in [0.4, 0.5) is 0 Å². The summed E-state index contributed by atoms with van der Waals surface area (Å²) in [6.07, 6.45) is 2.77. The fourth-order valence-corrected chi connectivity index (χ4v) is 2.86. The van der Waals surface area contributed by atoms with Crippen molar-refractivity contribution in [1.82, 2.24) is 4.40 Å². The van der Waals surface area contributed by atoms with Crippen LogP contribution in [0.2, 0.25) is 0 Å². The second kappa shape index (κ2) is 7.01. The fourth-order valence-electron chi connectivity index (χ4n) is 2.70. The van der Waals surface area contributed by atoms with Crippen LogP contribution in [0.15, 0.2) is 54.7 Å². The lowest BCUT2D eigenvalue weighted by atomic mass is 10.0. The SMILES string of the molecule is CCc1cc2ccccn2c1C(=O)c1ccc(OCCBr)cc1. The Morgan fingerprint density at radius 3 is 2.65 bits per heavy atom. The van der Waals surface area contributed by atoms with Crippen molar-refractivity contribution in [3.63, 3.8) is 0 Å². The molecule has 23 heavy (non-hydrogen) atoms. The molecule has 0 saturated heterocycles. The summed E-state index contributed by atoms with van der Waals surface area (Å²) in [5, 5.41) is 0.781. The van der Waals surface area contributed by atoms with Crippen LogP contribution in [-0.2, 0) is 6.42 Å². The summed E-state index contributed by atoms with van der Waals surface area (Å²) in [7, 11) is 0. The van der Waals surface area contributed by atoms with E-state index < -0.39 is 0 Å². The van der Waals surface area contributed by atoms with Gasteiger partial charge in [-0.2, -0.15) is 0 Å². The maximum absolute atomic E-state index is 13.0. The van der Waals surface area contributed by atoms with Crippen LogP contribution in [0.25, 0.3) is 5.52 Å². The lowest BCUT2D eigenvalue weighted by Crippen LogP contribution is -2.08. The number of alkyl halides is 1. The van der Waals surface area contributed by atoms with Crippen LogP contribution in [0.5, 0.6) is 5.75 Å². The summed E-state index contributed by atoms with van der Waals surface area (Å²) >= 11 is 3.33. The van der Waals surface area contributed by atoms with E-state index in [-0.39, 0.29) is 5.78 Å². The number of aromatic nitrogens is 1. The van der Waals surface area contributed by atoms with Crippen molar-refractivity contribution in [1.29, 1.82) is 0 Å². The lowest BCUT2D eigenvalue weighted by molar-refractivity contribution is 0.103. The fraction of sp³-hybridized carbons (Fsp3) is 0.211. The molecule has 0 aliphatic carbocycles. The van der Waals surface area contributed by atoms with E-state index in [2.05, 4.69) is 28.9 Å². The molecular formula is C19H18BrNO2. The van der Waals surface area contributed by atoms with Crippen molar-refractivity contribution in [3.05, 3.63) is 71.5 Å². The quantitative estimate of drug-likeness (QED) is 0.471. The number of ketones is 1. The first-order valence-corrected chi connectivity index (χ1v) is 8.79. The van der Waals surface area contributed by atoms with E-state index in [4.69, 9.17) is 4.74 Å². The molecular weight excluding hydrogens is 354 g/mol. The first-order chi connectivity index (χ1) is 11.2. The molecule has 0 spiro atoms. The van der Waals surface area contributed by atoms with E-state index in [1.807, 2.05) is 53.1 Å². The maximum atomic E-state index is 13.0. The highest BCUT2D eigenvalue weighted by molar-refractivity contribution is 9.09. The van der Waals surface area contributed by atoms with Gasteiger partial charge in [0, 0.05) is 22.6 Å². The highest BCUT2D eigenvalue weighted by Gasteiger charge is 2.18. The van der Waals surface area contributed by atoms with Crippen LogP contribution in [0.1, 0.15) is 28.5 Å². The number of ether oxygens (including phenoxy) is 1. The van der Waals surface area contributed by atoms with E-state index in [0.717, 1.165) is 34.3 Å². The molecule has 0 radical (unpaired) electrons. The molecule has 0 fully saturated rings. The van der Waals surface area contributed by atoms with Gasteiger partial charge in [0.2, 0.25) is 5.78 Å². The van der Waals surface area contributed by atoms with E-state index in [1.165, 1.54) is 0 Å². The second-order valence-corrected chi connectivity index (χ2v) is 6.05. The third kappa shape index (κ3) is 3.17. The summed E-state index contributed by atoms with van der Waals surface area (Å²) in [6, 6.07) is 15.4. The highest BCUT2D eigenvalue weighted by atomic mass is 79.9.